The van der Waals surface area contributed by atoms with Gasteiger partial charge in [0.1, 0.15) is 24.7 Å². The van der Waals surface area contributed by atoms with Crippen molar-refractivity contribution < 1.29 is 23.8 Å². The molecule has 3 aliphatic heterocycles. The van der Waals surface area contributed by atoms with Crippen LogP contribution in [-0.2, 0) is 29.3 Å². The topological polar surface area (TPSA) is 74.8 Å². The van der Waals surface area contributed by atoms with Crippen molar-refractivity contribution in [2.24, 2.45) is 0 Å². The van der Waals surface area contributed by atoms with E-state index >= 15 is 0 Å². The lowest BCUT2D eigenvalue weighted by atomic mass is 10.0. The minimum Gasteiger partial charge on any atom is -0.488 e. The van der Waals surface area contributed by atoms with Gasteiger partial charge in [-0.15, -0.1) is 0 Å². The lowest BCUT2D eigenvalue weighted by Gasteiger charge is -2.42. The lowest BCUT2D eigenvalue weighted by molar-refractivity contribution is -0.153. The van der Waals surface area contributed by atoms with E-state index in [2.05, 4.69) is 40.5 Å². The highest BCUT2D eigenvalue weighted by molar-refractivity contribution is 5.99. The molecule has 2 saturated heterocycles. The van der Waals surface area contributed by atoms with Gasteiger partial charge < -0.3 is 24.0 Å². The Morgan fingerprint density at radius 2 is 1.34 bits per heavy atom. The standard InChI is InChI=1S/C44H50N4O5/c1-31(2)39-26-40(42(52-30-34-13-9-6-10-14-34)27-41(39)51-29-33-11-7-5-8-12-33)43(50)48-28-35-25-37(15-16-38(35)44(48)53-32(3)49)46-19-17-36(18-20-46)47-23-21-45(4)22-24-47/h5-16,25-27,36,44H,1,17-24,28-30H2,2-4H3. The number of piperazine rings is 1. The fourth-order valence-electron chi connectivity index (χ4n) is 7.67. The summed E-state index contributed by atoms with van der Waals surface area (Å²) in [6, 6.07) is 30.3. The van der Waals surface area contributed by atoms with Crippen LogP contribution >= 0.6 is 0 Å². The molecule has 0 radical (unpaired) electrons. The average molecular weight is 715 g/mol. The van der Waals surface area contributed by atoms with Crippen molar-refractivity contribution in [1.29, 1.82) is 0 Å². The molecule has 0 saturated carbocycles. The molecule has 4 aromatic rings. The molecule has 276 valence electrons. The summed E-state index contributed by atoms with van der Waals surface area (Å²) in [7, 11) is 2.20. The molecule has 0 N–H and O–H groups in total. The third kappa shape index (κ3) is 8.42. The monoisotopic (exact) mass is 714 g/mol. The molecular weight excluding hydrogens is 665 g/mol. The molecule has 1 amide bonds. The van der Waals surface area contributed by atoms with Crippen molar-refractivity contribution in [3.63, 3.8) is 0 Å². The maximum Gasteiger partial charge on any atom is 0.304 e. The fourth-order valence-corrected chi connectivity index (χ4v) is 7.67. The normalized spacial score (nSPS) is 18.1. The van der Waals surface area contributed by atoms with E-state index in [9.17, 15) is 9.59 Å². The van der Waals surface area contributed by atoms with Gasteiger partial charge in [-0.25, -0.2) is 0 Å². The summed E-state index contributed by atoms with van der Waals surface area (Å²) >= 11 is 0. The Morgan fingerprint density at radius 3 is 1.92 bits per heavy atom. The molecule has 1 unspecified atom stereocenters. The number of esters is 1. The molecule has 2 fully saturated rings. The van der Waals surface area contributed by atoms with Crippen molar-refractivity contribution >= 4 is 23.1 Å². The summed E-state index contributed by atoms with van der Waals surface area (Å²) < 4.78 is 18.6. The van der Waals surface area contributed by atoms with Crippen LogP contribution in [0.4, 0.5) is 5.69 Å². The smallest absolute Gasteiger partial charge is 0.304 e. The first-order valence-corrected chi connectivity index (χ1v) is 18.7. The van der Waals surface area contributed by atoms with Gasteiger partial charge in [0.25, 0.3) is 5.91 Å². The Hall–Kier alpha value is -5.12. The number of piperidine rings is 1. The fraction of sp³-hybridized carbons (Fsp3) is 0.364. The number of amides is 1. The number of likely N-dealkylation sites (N-methyl/N-ethyl adjacent to an activating group) is 1. The molecule has 0 bridgehead atoms. The highest BCUT2D eigenvalue weighted by atomic mass is 16.6. The minimum absolute atomic E-state index is 0.258. The zero-order valence-electron chi connectivity index (χ0n) is 31.1. The number of rotatable bonds is 11. The Morgan fingerprint density at radius 1 is 0.736 bits per heavy atom. The van der Waals surface area contributed by atoms with Gasteiger partial charge >= 0.3 is 5.97 Å². The van der Waals surface area contributed by atoms with Crippen LogP contribution in [-0.4, -0.2) is 78.9 Å². The van der Waals surface area contributed by atoms with Crippen LogP contribution in [0.25, 0.3) is 5.57 Å². The molecule has 0 aliphatic carbocycles. The molecule has 9 heteroatoms. The highest BCUT2D eigenvalue weighted by Gasteiger charge is 2.38. The number of allylic oxidation sites excluding steroid dienone is 1. The van der Waals surface area contributed by atoms with Gasteiger partial charge in [0, 0.05) is 75.1 Å². The van der Waals surface area contributed by atoms with Gasteiger partial charge in [-0.1, -0.05) is 73.3 Å². The number of anilines is 1. The van der Waals surface area contributed by atoms with E-state index in [1.165, 1.54) is 6.92 Å². The predicted molar refractivity (Wildman–Crippen MR) is 208 cm³/mol. The molecule has 4 aromatic carbocycles. The van der Waals surface area contributed by atoms with Gasteiger partial charge in [0.15, 0.2) is 0 Å². The SMILES string of the molecule is C=C(C)c1cc(C(=O)N2Cc3cc(N4CCC(N5CCN(C)CC5)CC4)ccc3C2OC(C)=O)c(OCc2ccccc2)cc1OCc1ccccc1. The van der Waals surface area contributed by atoms with E-state index in [0.29, 0.717) is 41.8 Å². The number of benzene rings is 4. The number of hydrogen-bond acceptors (Lipinski definition) is 8. The van der Waals surface area contributed by atoms with Crippen molar-refractivity contribution in [2.75, 3.05) is 51.2 Å². The summed E-state index contributed by atoms with van der Waals surface area (Å²) in [5.41, 5.74) is 6.71. The summed E-state index contributed by atoms with van der Waals surface area (Å²) in [6.45, 7) is 14.9. The summed E-state index contributed by atoms with van der Waals surface area (Å²) in [5.74, 6) is 0.197. The summed E-state index contributed by atoms with van der Waals surface area (Å²) in [5, 5.41) is 0. The Bertz CT molecular complexity index is 1920. The van der Waals surface area contributed by atoms with Gasteiger partial charge in [0.2, 0.25) is 6.23 Å². The number of carbonyl (C=O) groups is 2. The van der Waals surface area contributed by atoms with Crippen LogP contribution in [0.2, 0.25) is 0 Å². The van der Waals surface area contributed by atoms with Gasteiger partial charge in [0.05, 0.1) is 12.1 Å². The van der Waals surface area contributed by atoms with Crippen LogP contribution in [0.3, 0.4) is 0 Å². The molecular formula is C44H50N4O5. The Labute approximate surface area is 313 Å². The van der Waals surface area contributed by atoms with Crippen molar-refractivity contribution in [2.45, 2.75) is 58.7 Å². The number of ether oxygens (including phenoxy) is 3. The molecule has 9 nitrogen and oxygen atoms in total. The highest BCUT2D eigenvalue weighted by Crippen LogP contribution is 2.41. The zero-order valence-corrected chi connectivity index (χ0v) is 31.1. The van der Waals surface area contributed by atoms with Gasteiger partial charge in [-0.3, -0.25) is 19.4 Å². The van der Waals surface area contributed by atoms with Crippen molar-refractivity contribution in [1.82, 2.24) is 14.7 Å². The number of nitrogens with zero attached hydrogens (tertiary/aromatic N) is 4. The molecule has 0 spiro atoms. The predicted octanol–water partition coefficient (Wildman–Crippen LogP) is 7.31. The van der Waals surface area contributed by atoms with E-state index in [1.54, 1.807) is 17.0 Å². The number of fused-ring (bicyclic) bond motifs is 1. The van der Waals surface area contributed by atoms with Gasteiger partial charge in [-0.2, -0.15) is 0 Å². The van der Waals surface area contributed by atoms with Crippen molar-refractivity contribution in [3.8, 4) is 11.5 Å². The second-order valence-corrected chi connectivity index (χ2v) is 14.5. The number of carbonyl (C=O) groups excluding carboxylic acids is 2. The van der Waals surface area contributed by atoms with E-state index in [0.717, 1.165) is 85.6 Å². The second kappa shape index (κ2) is 16.3. The Kier molecular flexibility index (Phi) is 11.1. The minimum atomic E-state index is -0.865. The van der Waals surface area contributed by atoms with Gasteiger partial charge in [-0.05, 0) is 67.3 Å². The molecule has 53 heavy (non-hydrogen) atoms. The largest absolute Gasteiger partial charge is 0.488 e. The van der Waals surface area contributed by atoms with Crippen molar-refractivity contribution in [3.05, 3.63) is 131 Å². The molecule has 7 rings (SSSR count). The van der Waals surface area contributed by atoms with E-state index in [1.807, 2.05) is 73.7 Å². The molecule has 1 atom stereocenters. The first-order valence-electron chi connectivity index (χ1n) is 18.7. The first kappa shape index (κ1) is 36.2. The third-order valence-corrected chi connectivity index (χ3v) is 10.7. The first-order chi connectivity index (χ1) is 25.7. The summed E-state index contributed by atoms with van der Waals surface area (Å²) in [4.78, 5) is 36.4. The zero-order chi connectivity index (χ0) is 36.9. The van der Waals surface area contributed by atoms with Crippen LogP contribution in [0.5, 0.6) is 11.5 Å². The van der Waals surface area contributed by atoms with E-state index < -0.39 is 12.2 Å². The summed E-state index contributed by atoms with van der Waals surface area (Å²) in [6.07, 6.45) is 1.39. The van der Waals surface area contributed by atoms with Crippen LogP contribution in [0.1, 0.15) is 71.1 Å². The van der Waals surface area contributed by atoms with Crippen LogP contribution in [0.15, 0.2) is 97.6 Å². The molecule has 0 aromatic heterocycles. The van der Waals surface area contributed by atoms with E-state index in [-0.39, 0.29) is 12.5 Å². The van der Waals surface area contributed by atoms with Crippen LogP contribution < -0.4 is 14.4 Å². The molecule has 3 aliphatic rings. The lowest BCUT2D eigenvalue weighted by Crippen LogP contribution is -2.52. The maximum atomic E-state index is 14.8. The van der Waals surface area contributed by atoms with E-state index in [4.69, 9.17) is 14.2 Å². The average Bonchev–Trinajstić information content (AvgIpc) is 3.53. The second-order valence-electron chi connectivity index (χ2n) is 14.5. The number of hydrogen-bond donors (Lipinski definition) is 0. The quantitative estimate of drug-likeness (QED) is 0.150. The maximum absolute atomic E-state index is 14.8. The molecule has 3 heterocycles. The third-order valence-electron chi connectivity index (χ3n) is 10.7. The Balaban J connectivity index is 1.15. The van der Waals surface area contributed by atoms with Crippen LogP contribution in [0, 0.1) is 0 Å².